The first kappa shape index (κ1) is 31.5. The number of nitrogens with zero attached hydrogens (tertiary/aromatic N) is 2. The molecule has 3 N–H and O–H groups in total. The Balaban J connectivity index is 1.48. The number of allylic oxidation sites excluding steroid dienone is 1. The number of benzene rings is 2. The highest BCUT2D eigenvalue weighted by molar-refractivity contribution is 5.98. The number of hydrogen-bond acceptors (Lipinski definition) is 6. The van der Waals surface area contributed by atoms with Crippen LogP contribution in [0.25, 0.3) is 11.3 Å². The van der Waals surface area contributed by atoms with Gasteiger partial charge in [-0.3, -0.25) is 9.59 Å². The Morgan fingerprint density at radius 1 is 1.00 bits per heavy atom. The number of aromatic nitrogens is 2. The summed E-state index contributed by atoms with van der Waals surface area (Å²) in [7, 11) is 1.24. The maximum Gasteiger partial charge on any atom is 0.419 e. The second-order valence-corrected chi connectivity index (χ2v) is 11.1. The van der Waals surface area contributed by atoms with Gasteiger partial charge in [0.25, 0.3) is 5.91 Å². The Morgan fingerprint density at radius 2 is 1.69 bits per heavy atom. The number of rotatable bonds is 7. The van der Waals surface area contributed by atoms with Crippen LogP contribution in [-0.2, 0) is 11.0 Å². The molecule has 9 nitrogen and oxygen atoms in total. The third-order valence-corrected chi connectivity index (χ3v) is 8.20. The summed E-state index contributed by atoms with van der Waals surface area (Å²) in [5.74, 6) is -6.78. The van der Waals surface area contributed by atoms with Crippen LogP contribution < -0.4 is 15.4 Å². The third kappa shape index (κ3) is 5.96. The van der Waals surface area contributed by atoms with Gasteiger partial charge in [0.05, 0.1) is 36.0 Å². The van der Waals surface area contributed by atoms with Crippen molar-refractivity contribution in [3.05, 3.63) is 82.2 Å². The van der Waals surface area contributed by atoms with Crippen LogP contribution in [-0.4, -0.2) is 46.0 Å². The van der Waals surface area contributed by atoms with Crippen molar-refractivity contribution in [1.82, 2.24) is 15.3 Å². The highest BCUT2D eigenvalue weighted by atomic mass is 19.4. The van der Waals surface area contributed by atoms with Crippen molar-refractivity contribution in [3.8, 4) is 17.1 Å². The molecule has 1 aromatic heterocycles. The summed E-state index contributed by atoms with van der Waals surface area (Å²) in [5, 5.41) is 14.6. The molecule has 2 unspecified atom stereocenters. The van der Waals surface area contributed by atoms with Gasteiger partial charge in [0.1, 0.15) is 11.6 Å². The van der Waals surface area contributed by atoms with E-state index in [1.807, 2.05) is 13.8 Å². The van der Waals surface area contributed by atoms with Crippen LogP contribution in [0.2, 0.25) is 0 Å². The van der Waals surface area contributed by atoms with E-state index in [0.29, 0.717) is 25.0 Å². The zero-order valence-corrected chi connectivity index (χ0v) is 24.1. The zero-order chi connectivity index (χ0) is 32.8. The van der Waals surface area contributed by atoms with Gasteiger partial charge in [-0.05, 0) is 69.0 Å². The first-order chi connectivity index (χ1) is 21.2. The molecule has 1 heterocycles. The topological polar surface area (TPSA) is 131 Å². The number of anilines is 1. The number of ether oxygens (including phenoxy) is 1. The molecule has 2 aliphatic carbocycles. The van der Waals surface area contributed by atoms with Crippen LogP contribution in [0.15, 0.2) is 53.7 Å². The van der Waals surface area contributed by atoms with Crippen LogP contribution in [0.5, 0.6) is 5.88 Å². The van der Waals surface area contributed by atoms with Crippen molar-refractivity contribution >= 4 is 23.5 Å². The summed E-state index contributed by atoms with van der Waals surface area (Å²) >= 11 is 0. The summed E-state index contributed by atoms with van der Waals surface area (Å²) < 4.78 is 73.6. The van der Waals surface area contributed by atoms with Gasteiger partial charge in [-0.25, -0.2) is 23.5 Å². The quantitative estimate of drug-likeness (QED) is 0.220. The lowest BCUT2D eigenvalue weighted by atomic mass is 9.83. The van der Waals surface area contributed by atoms with Crippen molar-refractivity contribution in [2.24, 2.45) is 17.8 Å². The number of carboxylic acids is 1. The van der Waals surface area contributed by atoms with Gasteiger partial charge in [0, 0.05) is 23.2 Å². The predicted octanol–water partition coefficient (Wildman–Crippen LogP) is 5.88. The average Bonchev–Trinajstić information content (AvgIpc) is 3.54. The second-order valence-electron chi connectivity index (χ2n) is 11.1. The van der Waals surface area contributed by atoms with E-state index in [1.54, 1.807) is 0 Å². The number of carboxylic acid groups (broad SMARTS) is 1. The van der Waals surface area contributed by atoms with Crippen molar-refractivity contribution in [2.45, 2.75) is 38.9 Å². The van der Waals surface area contributed by atoms with Crippen LogP contribution in [0.3, 0.4) is 0 Å². The van der Waals surface area contributed by atoms with Gasteiger partial charge < -0.3 is 20.5 Å². The number of halogens is 5. The number of alkyl halides is 3. The van der Waals surface area contributed by atoms with E-state index in [0.717, 1.165) is 41.6 Å². The van der Waals surface area contributed by atoms with Gasteiger partial charge in [0.2, 0.25) is 11.8 Å². The van der Waals surface area contributed by atoms with E-state index in [1.165, 1.54) is 7.11 Å². The lowest BCUT2D eigenvalue weighted by Crippen LogP contribution is -2.48. The van der Waals surface area contributed by atoms with Gasteiger partial charge in [0.15, 0.2) is 5.69 Å². The monoisotopic (exact) mass is 630 g/mol. The summed E-state index contributed by atoms with van der Waals surface area (Å²) in [6, 6.07) is 4.41. The molecule has 4 atom stereocenters. The predicted molar refractivity (Wildman–Crippen MR) is 150 cm³/mol. The van der Waals surface area contributed by atoms with Crippen molar-refractivity contribution in [2.75, 3.05) is 12.4 Å². The summed E-state index contributed by atoms with van der Waals surface area (Å²) in [6.07, 6.45) is -2.63. The molecular weight excluding hydrogens is 603 g/mol. The number of methoxy groups -OCH3 is 1. The minimum absolute atomic E-state index is 0.148. The van der Waals surface area contributed by atoms with Crippen LogP contribution in [0.1, 0.15) is 53.1 Å². The Bertz CT molecular complexity index is 1740. The fourth-order valence-electron chi connectivity index (χ4n) is 6.39. The smallest absolute Gasteiger partial charge is 0.419 e. The summed E-state index contributed by atoms with van der Waals surface area (Å²) in [6.45, 7) is 3.74. The molecule has 0 radical (unpaired) electrons. The van der Waals surface area contributed by atoms with E-state index in [9.17, 15) is 41.4 Å². The molecule has 0 spiro atoms. The van der Waals surface area contributed by atoms with E-state index >= 15 is 0 Å². The Labute approximate surface area is 253 Å². The first-order valence-corrected chi connectivity index (χ1v) is 13.8. The third-order valence-electron chi connectivity index (χ3n) is 8.20. The lowest BCUT2D eigenvalue weighted by Gasteiger charge is -2.30. The molecule has 0 aliphatic heterocycles. The number of carbonyl (C=O) groups is 3. The molecule has 2 amide bonds. The zero-order valence-electron chi connectivity index (χ0n) is 24.1. The Hall–Kier alpha value is -4.88. The molecular formula is C31H27F5N4O5. The molecule has 2 fully saturated rings. The first-order valence-electron chi connectivity index (χ1n) is 13.8. The maximum atomic E-state index is 14.7. The van der Waals surface area contributed by atoms with Gasteiger partial charge >= 0.3 is 12.1 Å². The molecule has 236 valence electrons. The van der Waals surface area contributed by atoms with Crippen LogP contribution in [0.4, 0.5) is 27.6 Å². The Kier molecular flexibility index (Phi) is 8.34. The Morgan fingerprint density at radius 3 is 2.33 bits per heavy atom. The average molecular weight is 631 g/mol. The number of nitrogens with one attached hydrogen (secondary N) is 2. The van der Waals surface area contributed by atoms with Crippen molar-refractivity contribution in [1.29, 1.82) is 0 Å². The molecule has 3 aromatic rings. The highest BCUT2D eigenvalue weighted by Gasteiger charge is 2.55. The van der Waals surface area contributed by atoms with E-state index in [2.05, 4.69) is 20.6 Å². The number of aromatic carboxylic acids is 1. The van der Waals surface area contributed by atoms with Gasteiger partial charge in [-0.2, -0.15) is 13.2 Å². The normalized spacial score (nSPS) is 20.6. The van der Waals surface area contributed by atoms with Crippen molar-refractivity contribution in [3.63, 3.8) is 0 Å². The van der Waals surface area contributed by atoms with E-state index in [4.69, 9.17) is 4.74 Å². The van der Waals surface area contributed by atoms with Crippen LogP contribution >= 0.6 is 0 Å². The molecule has 45 heavy (non-hydrogen) atoms. The summed E-state index contributed by atoms with van der Waals surface area (Å²) in [4.78, 5) is 47.0. The number of fused-ring (bicyclic) bond motifs is 2. The second kappa shape index (κ2) is 11.9. The molecule has 2 aliphatic rings. The van der Waals surface area contributed by atoms with E-state index < -0.39 is 53.1 Å². The fraction of sp³-hybridized carbons (Fsp3) is 0.323. The number of carbonyl (C=O) groups excluding carboxylic acids is 2. The molecule has 2 bridgehead atoms. The standard InChI is InChI=1S/C31H27F5N4O5/c1-13(2)23-16-6-7-17(23)25(24(16)27(41)38-15-5-9-21(33)19(11-15)31(34,35)36)40-28(42)26-29(45-3)37-12-22(39-26)18-10-14(30(43)44)4-8-20(18)32/h4-5,8-12,16-17,24-25H,6-7H2,1-3H3,(H,38,41)(H,40,42)(H,43,44)/t16?,17?,24-,25+/m0/s1. The number of amides is 2. The molecule has 2 aromatic carbocycles. The fourth-order valence-corrected chi connectivity index (χ4v) is 6.39. The summed E-state index contributed by atoms with van der Waals surface area (Å²) in [5.41, 5.74) is -0.842. The molecule has 0 saturated heterocycles. The number of hydrogen-bond donors (Lipinski definition) is 3. The SMILES string of the molecule is COc1ncc(-c2cc(C(=O)O)ccc2F)nc1C(=O)N[C@@H]1C2CCC(C2=C(C)C)[C@@H]1C(=O)Nc1ccc(F)c(C(F)(F)F)c1. The molecule has 2 saturated carbocycles. The van der Waals surface area contributed by atoms with Gasteiger partial charge in [-0.1, -0.05) is 11.1 Å². The molecule has 5 rings (SSSR count). The minimum Gasteiger partial charge on any atom is -0.479 e. The molecule has 14 heteroatoms. The van der Waals surface area contributed by atoms with Gasteiger partial charge in [-0.15, -0.1) is 0 Å². The maximum absolute atomic E-state index is 14.7. The highest BCUT2D eigenvalue weighted by Crippen LogP contribution is 2.54. The van der Waals surface area contributed by atoms with E-state index in [-0.39, 0.29) is 45.9 Å². The van der Waals surface area contributed by atoms with Crippen LogP contribution in [0, 0.1) is 29.4 Å². The van der Waals surface area contributed by atoms with Crippen molar-refractivity contribution < 1.29 is 46.2 Å². The largest absolute Gasteiger partial charge is 0.479 e. The lowest BCUT2D eigenvalue weighted by molar-refractivity contribution is -0.140. The minimum atomic E-state index is -4.98.